The van der Waals surface area contributed by atoms with Crippen LogP contribution in [0.2, 0.25) is 0 Å². The summed E-state index contributed by atoms with van der Waals surface area (Å²) in [7, 11) is 0. The summed E-state index contributed by atoms with van der Waals surface area (Å²) in [5.74, 6) is 0.431. The second kappa shape index (κ2) is 4.76. The summed E-state index contributed by atoms with van der Waals surface area (Å²) in [6.07, 6.45) is 0. The number of amidine groups is 2. The Balaban J connectivity index is 2.46. The molecule has 5 heteroatoms. The van der Waals surface area contributed by atoms with Crippen molar-refractivity contribution in [3.8, 4) is 0 Å². The number of dihydropyridines is 1. The predicted octanol–water partition coefficient (Wildman–Crippen LogP) is 1.57. The van der Waals surface area contributed by atoms with Gasteiger partial charge in [0.15, 0.2) is 0 Å². The summed E-state index contributed by atoms with van der Waals surface area (Å²) in [5, 5.41) is 7.58. The molecule has 2 rings (SSSR count). The highest BCUT2D eigenvalue weighted by Gasteiger charge is 2.29. The standard InChI is InChI=1S/C14H19N5/c1-7-8(2)12(9-4-3-5-10(15)6-9)19-14(18)11(7)13(16)17/h3-6,8,12H,15H2,1-2H3,(H3,16,17)(H2,18,19). The van der Waals surface area contributed by atoms with Gasteiger partial charge in [-0.3, -0.25) is 10.4 Å². The van der Waals surface area contributed by atoms with Crippen LogP contribution in [-0.2, 0) is 0 Å². The van der Waals surface area contributed by atoms with Gasteiger partial charge in [-0.15, -0.1) is 0 Å². The van der Waals surface area contributed by atoms with E-state index in [-0.39, 0.29) is 17.8 Å². The van der Waals surface area contributed by atoms with Gasteiger partial charge in [-0.2, -0.15) is 0 Å². The van der Waals surface area contributed by atoms with Crippen LogP contribution in [0.15, 0.2) is 40.4 Å². The lowest BCUT2D eigenvalue weighted by Crippen LogP contribution is -2.33. The average molecular weight is 257 g/mol. The Morgan fingerprint density at radius 3 is 2.58 bits per heavy atom. The lowest BCUT2D eigenvalue weighted by atomic mass is 9.84. The van der Waals surface area contributed by atoms with Crippen LogP contribution in [0.5, 0.6) is 0 Å². The number of nitrogens with zero attached hydrogens (tertiary/aromatic N) is 1. The van der Waals surface area contributed by atoms with Crippen LogP contribution in [0.4, 0.5) is 5.69 Å². The third kappa shape index (κ3) is 2.31. The normalized spacial score (nSPS) is 23.2. The van der Waals surface area contributed by atoms with Crippen molar-refractivity contribution in [2.75, 3.05) is 5.73 Å². The van der Waals surface area contributed by atoms with Crippen LogP contribution >= 0.6 is 0 Å². The van der Waals surface area contributed by atoms with Gasteiger partial charge in [-0.25, -0.2) is 0 Å². The molecule has 0 saturated carbocycles. The molecule has 1 aromatic carbocycles. The molecule has 1 aliphatic rings. The number of hydrogen-bond acceptors (Lipinski definition) is 4. The molecule has 5 nitrogen and oxygen atoms in total. The van der Waals surface area contributed by atoms with E-state index in [0.29, 0.717) is 17.1 Å². The van der Waals surface area contributed by atoms with Gasteiger partial charge in [0.2, 0.25) is 0 Å². The van der Waals surface area contributed by atoms with Gasteiger partial charge in [-0.05, 0) is 24.6 Å². The van der Waals surface area contributed by atoms with Crippen LogP contribution in [0.3, 0.4) is 0 Å². The Hall–Kier alpha value is -2.30. The van der Waals surface area contributed by atoms with Crippen molar-refractivity contribution < 1.29 is 0 Å². The fourth-order valence-electron chi connectivity index (χ4n) is 2.45. The van der Waals surface area contributed by atoms with Gasteiger partial charge < -0.3 is 17.2 Å². The minimum atomic E-state index is -0.0772. The van der Waals surface area contributed by atoms with Gasteiger partial charge >= 0.3 is 0 Å². The van der Waals surface area contributed by atoms with E-state index in [0.717, 1.165) is 11.1 Å². The summed E-state index contributed by atoms with van der Waals surface area (Å²) < 4.78 is 0. The minimum Gasteiger partial charge on any atom is -0.399 e. The molecule has 7 N–H and O–H groups in total. The molecule has 0 saturated heterocycles. The molecule has 19 heavy (non-hydrogen) atoms. The monoisotopic (exact) mass is 257 g/mol. The van der Waals surface area contributed by atoms with E-state index in [1.807, 2.05) is 31.2 Å². The lowest BCUT2D eigenvalue weighted by molar-refractivity contribution is 0.531. The fourth-order valence-corrected chi connectivity index (χ4v) is 2.45. The molecule has 1 aromatic rings. The van der Waals surface area contributed by atoms with Gasteiger partial charge in [0.05, 0.1) is 11.6 Å². The second-order valence-corrected chi connectivity index (χ2v) is 4.89. The summed E-state index contributed by atoms with van der Waals surface area (Å²) in [6, 6.07) is 7.56. The van der Waals surface area contributed by atoms with Crippen molar-refractivity contribution in [2.24, 2.45) is 22.4 Å². The van der Waals surface area contributed by atoms with Gasteiger partial charge in [-0.1, -0.05) is 24.6 Å². The molecular weight excluding hydrogens is 238 g/mol. The van der Waals surface area contributed by atoms with Crippen molar-refractivity contribution in [3.63, 3.8) is 0 Å². The third-order valence-electron chi connectivity index (χ3n) is 3.61. The fraction of sp³-hybridized carbons (Fsp3) is 0.286. The molecular formula is C14H19N5. The van der Waals surface area contributed by atoms with E-state index < -0.39 is 0 Å². The van der Waals surface area contributed by atoms with Crippen LogP contribution in [0.1, 0.15) is 25.5 Å². The molecule has 0 amide bonds. The highest BCUT2D eigenvalue weighted by Crippen LogP contribution is 2.36. The maximum Gasteiger partial charge on any atom is 0.129 e. The summed E-state index contributed by atoms with van der Waals surface area (Å²) in [5.41, 5.74) is 20.6. The quantitative estimate of drug-likeness (QED) is 0.366. The van der Waals surface area contributed by atoms with Crippen molar-refractivity contribution >= 4 is 17.4 Å². The highest BCUT2D eigenvalue weighted by molar-refractivity contribution is 6.21. The molecule has 0 bridgehead atoms. The number of aliphatic imine (C=N–C) groups is 1. The SMILES string of the molecule is CC1=C(C(=N)N)C(N)=NC(c2cccc(N)c2)C1C. The summed E-state index contributed by atoms with van der Waals surface area (Å²) in [6.45, 7) is 4.00. The first-order valence-corrected chi connectivity index (χ1v) is 6.16. The molecule has 2 unspecified atom stereocenters. The Kier molecular flexibility index (Phi) is 3.29. The Labute approximate surface area is 112 Å². The number of rotatable bonds is 2. The van der Waals surface area contributed by atoms with E-state index in [4.69, 9.17) is 22.6 Å². The topological polar surface area (TPSA) is 114 Å². The molecule has 1 aliphatic heterocycles. The maximum atomic E-state index is 7.58. The Morgan fingerprint density at radius 2 is 2.00 bits per heavy atom. The zero-order valence-corrected chi connectivity index (χ0v) is 11.1. The maximum absolute atomic E-state index is 7.58. The highest BCUT2D eigenvalue weighted by atomic mass is 14.9. The van der Waals surface area contributed by atoms with E-state index in [1.54, 1.807) is 0 Å². The zero-order chi connectivity index (χ0) is 14.2. The summed E-state index contributed by atoms with van der Waals surface area (Å²) in [4.78, 5) is 4.49. The largest absolute Gasteiger partial charge is 0.399 e. The number of nitrogens with one attached hydrogen (secondary N) is 1. The average Bonchev–Trinajstić information content (AvgIpc) is 2.33. The van der Waals surface area contributed by atoms with Crippen LogP contribution in [-0.4, -0.2) is 11.7 Å². The molecule has 100 valence electrons. The van der Waals surface area contributed by atoms with Gasteiger partial charge in [0, 0.05) is 11.6 Å². The van der Waals surface area contributed by atoms with Gasteiger partial charge in [0.1, 0.15) is 11.7 Å². The van der Waals surface area contributed by atoms with Crippen molar-refractivity contribution in [3.05, 3.63) is 41.0 Å². The lowest BCUT2D eigenvalue weighted by Gasteiger charge is -2.29. The van der Waals surface area contributed by atoms with E-state index in [9.17, 15) is 0 Å². The first-order chi connectivity index (χ1) is 8.91. The van der Waals surface area contributed by atoms with Crippen molar-refractivity contribution in [2.45, 2.75) is 19.9 Å². The molecule has 0 fully saturated rings. The number of hydrogen-bond donors (Lipinski definition) is 4. The molecule has 0 spiro atoms. The summed E-state index contributed by atoms with van der Waals surface area (Å²) >= 11 is 0. The zero-order valence-electron chi connectivity index (χ0n) is 11.1. The van der Waals surface area contributed by atoms with E-state index >= 15 is 0 Å². The Bertz CT molecular complexity index is 585. The number of nitrogens with two attached hydrogens (primary N) is 3. The number of anilines is 1. The third-order valence-corrected chi connectivity index (χ3v) is 3.61. The number of benzene rings is 1. The molecule has 0 aliphatic carbocycles. The van der Waals surface area contributed by atoms with Crippen molar-refractivity contribution in [1.29, 1.82) is 5.41 Å². The van der Waals surface area contributed by atoms with Gasteiger partial charge in [0.25, 0.3) is 0 Å². The second-order valence-electron chi connectivity index (χ2n) is 4.89. The molecule has 0 radical (unpaired) electrons. The minimum absolute atomic E-state index is 0.0309. The Morgan fingerprint density at radius 1 is 1.32 bits per heavy atom. The molecule has 0 aromatic heterocycles. The van der Waals surface area contributed by atoms with Crippen molar-refractivity contribution in [1.82, 2.24) is 0 Å². The van der Waals surface area contributed by atoms with Crippen LogP contribution in [0, 0.1) is 11.3 Å². The predicted molar refractivity (Wildman–Crippen MR) is 79.0 cm³/mol. The number of nitrogen functional groups attached to an aromatic ring is 1. The molecule has 1 heterocycles. The molecule has 2 atom stereocenters. The smallest absolute Gasteiger partial charge is 0.129 e. The first kappa shape index (κ1) is 13.1. The van der Waals surface area contributed by atoms with E-state index in [2.05, 4.69) is 11.9 Å². The van der Waals surface area contributed by atoms with Crippen LogP contribution in [0.25, 0.3) is 0 Å². The first-order valence-electron chi connectivity index (χ1n) is 6.16. The van der Waals surface area contributed by atoms with Crippen LogP contribution < -0.4 is 17.2 Å². The van der Waals surface area contributed by atoms with E-state index in [1.165, 1.54) is 0 Å².